The van der Waals surface area contributed by atoms with E-state index in [0.29, 0.717) is 27.8 Å². The van der Waals surface area contributed by atoms with Gasteiger partial charge in [0.25, 0.3) is 0 Å². The smallest absolute Gasteiger partial charge is 0.238 e. The van der Waals surface area contributed by atoms with E-state index >= 15 is 0 Å². The van der Waals surface area contributed by atoms with E-state index in [1.807, 2.05) is 48.6 Å². The third-order valence-corrected chi connectivity index (χ3v) is 10.5. The number of hydrogen-bond donors (Lipinski definition) is 1. The lowest BCUT2D eigenvalue weighted by molar-refractivity contribution is -0.123. The van der Waals surface area contributed by atoms with Gasteiger partial charge < -0.3 is 14.6 Å². The number of aromatic hydroxyl groups is 1. The molecule has 2 amide bonds. The summed E-state index contributed by atoms with van der Waals surface area (Å²) in [5.74, 6) is -2.76. The van der Waals surface area contributed by atoms with Crippen LogP contribution in [0, 0.1) is 17.8 Å². The summed E-state index contributed by atoms with van der Waals surface area (Å²) in [5.41, 5.74) is 3.78. The second kappa shape index (κ2) is 12.4. The second-order valence-corrected chi connectivity index (χ2v) is 13.4. The summed E-state index contributed by atoms with van der Waals surface area (Å²) in [4.78, 5) is 56.3. The van der Waals surface area contributed by atoms with Crippen LogP contribution in [0.4, 0.5) is 5.69 Å². The van der Waals surface area contributed by atoms with Crippen LogP contribution in [-0.2, 0) is 19.2 Å². The lowest BCUT2D eigenvalue weighted by Gasteiger charge is -2.42. The summed E-state index contributed by atoms with van der Waals surface area (Å²) in [5, 5.41) is 11.3. The molecular weight excluding hydrogens is 698 g/mol. The maximum Gasteiger partial charge on any atom is 0.238 e. The molecule has 0 spiro atoms. The lowest BCUT2D eigenvalue weighted by atomic mass is 9.59. The summed E-state index contributed by atoms with van der Waals surface area (Å²) in [6.45, 7) is 0. The van der Waals surface area contributed by atoms with Gasteiger partial charge in [0.05, 0.1) is 36.2 Å². The zero-order valence-corrected chi connectivity index (χ0v) is 28.2. The van der Waals surface area contributed by atoms with Crippen LogP contribution in [0.1, 0.15) is 35.4 Å². The van der Waals surface area contributed by atoms with Crippen LogP contribution < -0.4 is 14.4 Å². The number of methoxy groups -OCH3 is 2. The molecule has 0 unspecified atom stereocenters. The topological polar surface area (TPSA) is 110 Å². The van der Waals surface area contributed by atoms with Crippen LogP contribution in [0.2, 0.25) is 5.02 Å². The van der Waals surface area contributed by atoms with Crippen molar-refractivity contribution in [2.24, 2.45) is 17.8 Å². The fourth-order valence-electron chi connectivity index (χ4n) is 7.46. The van der Waals surface area contributed by atoms with Crippen LogP contribution in [0.5, 0.6) is 17.2 Å². The van der Waals surface area contributed by atoms with Crippen LogP contribution in [0.3, 0.4) is 0 Å². The molecule has 1 saturated heterocycles. The number of rotatable bonds is 6. The number of imide groups is 1. The van der Waals surface area contributed by atoms with Gasteiger partial charge >= 0.3 is 0 Å². The Balaban J connectivity index is 1.21. The molecule has 1 fully saturated rings. The van der Waals surface area contributed by atoms with Gasteiger partial charge in [-0.3, -0.25) is 24.1 Å². The first-order chi connectivity index (χ1) is 23.1. The Hall–Kier alpha value is -4.73. The Morgan fingerprint density at radius 3 is 2.42 bits per heavy atom. The summed E-state index contributed by atoms with van der Waals surface area (Å²) in [7, 11) is 3.20. The highest BCUT2D eigenvalue weighted by Crippen LogP contribution is 2.56. The Morgan fingerprint density at radius 1 is 0.917 bits per heavy atom. The number of benzene rings is 3. The summed E-state index contributed by atoms with van der Waals surface area (Å²) < 4.78 is 10.9. The van der Waals surface area contributed by atoms with E-state index in [0.717, 1.165) is 16.7 Å². The van der Waals surface area contributed by atoms with Crippen molar-refractivity contribution in [3.8, 4) is 17.2 Å². The molecule has 3 aromatic rings. The van der Waals surface area contributed by atoms with Gasteiger partial charge in [0.2, 0.25) is 11.8 Å². The quantitative estimate of drug-likeness (QED) is 0.124. The molecule has 1 aliphatic heterocycles. The molecule has 0 aromatic heterocycles. The minimum absolute atomic E-state index is 0.0803. The molecule has 10 heteroatoms. The highest BCUT2D eigenvalue weighted by atomic mass is 79.9. The SMILES string of the molecule is COc1ccc(OC)c(C=Cc2ccc(N3C(=O)[C@H]4[C@H](CC=C5[C@H](c6cc(Cl)ccc6O)C6=C(C[C@H]54)C(=O)C(Br)=CC6=O)C3=O)cc2)c1. The first-order valence-electron chi connectivity index (χ1n) is 15.4. The zero-order chi connectivity index (χ0) is 33.9. The van der Waals surface area contributed by atoms with E-state index in [-0.39, 0.29) is 57.6 Å². The molecule has 1 N–H and O–H groups in total. The van der Waals surface area contributed by atoms with E-state index in [1.165, 1.54) is 17.0 Å². The Labute approximate surface area is 290 Å². The predicted molar refractivity (Wildman–Crippen MR) is 185 cm³/mol. The molecule has 0 bridgehead atoms. The van der Waals surface area contributed by atoms with Crippen molar-refractivity contribution in [2.75, 3.05) is 19.1 Å². The van der Waals surface area contributed by atoms with Gasteiger partial charge in [0.15, 0.2) is 11.6 Å². The number of allylic oxidation sites excluding steroid dienone is 6. The number of carbonyl (C=O) groups excluding carboxylic acids is 4. The molecule has 4 atom stereocenters. The number of amides is 2. The minimum atomic E-state index is -0.794. The van der Waals surface area contributed by atoms with Gasteiger partial charge in [-0.05, 0) is 88.8 Å². The van der Waals surface area contributed by atoms with Crippen LogP contribution in [0.25, 0.3) is 12.2 Å². The minimum Gasteiger partial charge on any atom is -0.508 e. The maximum atomic E-state index is 14.2. The first-order valence-corrected chi connectivity index (χ1v) is 16.5. The maximum absolute atomic E-state index is 14.2. The summed E-state index contributed by atoms with van der Waals surface area (Å²) in [6.07, 6.45) is 7.36. The highest BCUT2D eigenvalue weighted by Gasteiger charge is 2.56. The third-order valence-electron chi connectivity index (χ3n) is 9.68. The van der Waals surface area contributed by atoms with Crippen molar-refractivity contribution < 1.29 is 33.8 Å². The highest BCUT2D eigenvalue weighted by molar-refractivity contribution is 9.12. The zero-order valence-electron chi connectivity index (χ0n) is 25.9. The van der Waals surface area contributed by atoms with Gasteiger partial charge in [-0.1, -0.05) is 47.5 Å². The molecule has 4 aliphatic rings. The van der Waals surface area contributed by atoms with Crippen molar-refractivity contribution in [2.45, 2.75) is 18.8 Å². The normalized spacial score (nSPS) is 23.5. The summed E-state index contributed by atoms with van der Waals surface area (Å²) >= 11 is 9.58. The number of phenolic OH excluding ortho intramolecular Hbond substituents is 1. The van der Waals surface area contributed by atoms with E-state index in [4.69, 9.17) is 21.1 Å². The summed E-state index contributed by atoms with van der Waals surface area (Å²) in [6, 6.07) is 17.2. The van der Waals surface area contributed by atoms with Crippen LogP contribution >= 0.6 is 27.5 Å². The van der Waals surface area contributed by atoms with E-state index in [2.05, 4.69) is 15.9 Å². The number of Topliss-reactive ketones (excluding diaryl/α,β-unsaturated/α-hetero) is 1. The number of ether oxygens (including phenoxy) is 2. The van der Waals surface area contributed by atoms with E-state index in [9.17, 15) is 24.3 Å². The Bertz CT molecular complexity index is 2040. The number of ketones is 2. The molecular formula is C38H29BrClNO7. The number of halogens is 2. The molecule has 8 nitrogen and oxygen atoms in total. The van der Waals surface area contributed by atoms with Crippen molar-refractivity contribution >= 4 is 68.8 Å². The average molecular weight is 727 g/mol. The predicted octanol–water partition coefficient (Wildman–Crippen LogP) is 7.20. The molecule has 0 saturated carbocycles. The molecule has 3 aromatic carbocycles. The molecule has 0 radical (unpaired) electrons. The third kappa shape index (κ3) is 5.22. The van der Waals surface area contributed by atoms with Gasteiger partial charge in [-0.2, -0.15) is 0 Å². The monoisotopic (exact) mass is 725 g/mol. The van der Waals surface area contributed by atoms with Crippen molar-refractivity contribution in [1.82, 2.24) is 0 Å². The Kier molecular flexibility index (Phi) is 8.21. The van der Waals surface area contributed by atoms with E-state index in [1.54, 1.807) is 38.5 Å². The van der Waals surface area contributed by atoms with Crippen LogP contribution in [-0.4, -0.2) is 42.7 Å². The average Bonchev–Trinajstić information content (AvgIpc) is 3.35. The van der Waals surface area contributed by atoms with E-state index < -0.39 is 23.7 Å². The molecule has 242 valence electrons. The lowest BCUT2D eigenvalue weighted by Crippen LogP contribution is -2.39. The van der Waals surface area contributed by atoms with Gasteiger partial charge in [-0.15, -0.1) is 0 Å². The number of nitrogens with zero attached hydrogens (tertiary/aromatic N) is 1. The molecule has 1 heterocycles. The molecule has 7 rings (SSSR count). The van der Waals surface area contributed by atoms with Crippen LogP contribution in [0.15, 0.2) is 94.0 Å². The standard InChI is InChI=1S/C38H29BrClNO7/c1-47-23-10-14-32(48-2)20(15-23)6-3-19-4-8-22(9-5-19)41-37(45)25-12-11-24-26(34(25)38(41)46)17-28-35(31(43)18-29(39)36(28)44)33(24)27-16-21(40)7-13-30(27)42/h3-11,13-16,18,25-26,33-34,42H,12,17H2,1-2H3/t25-,26+,33+,34-/m0/s1. The number of carbonyl (C=O) groups is 4. The van der Waals surface area contributed by atoms with Crippen molar-refractivity contribution in [1.29, 1.82) is 0 Å². The Morgan fingerprint density at radius 2 is 1.69 bits per heavy atom. The first kappa shape index (κ1) is 31.8. The fraction of sp³-hybridized carbons (Fsp3) is 0.211. The number of fused-ring (bicyclic) bond motifs is 3. The van der Waals surface area contributed by atoms with Crippen molar-refractivity contribution in [3.05, 3.63) is 116 Å². The van der Waals surface area contributed by atoms with Gasteiger partial charge in [0.1, 0.15) is 17.2 Å². The largest absolute Gasteiger partial charge is 0.508 e. The molecule has 3 aliphatic carbocycles. The van der Waals surface area contributed by atoms with Crippen molar-refractivity contribution in [3.63, 3.8) is 0 Å². The second-order valence-electron chi connectivity index (χ2n) is 12.1. The fourth-order valence-corrected chi connectivity index (χ4v) is 8.09. The number of anilines is 1. The molecule has 48 heavy (non-hydrogen) atoms. The van der Waals surface area contributed by atoms with Gasteiger partial charge in [-0.25, -0.2) is 0 Å². The van der Waals surface area contributed by atoms with Gasteiger partial charge in [0, 0.05) is 39.3 Å². The number of phenols is 1. The number of hydrogen-bond acceptors (Lipinski definition) is 7.